The quantitative estimate of drug-likeness (QED) is 0.402. The smallest absolute Gasteiger partial charge is 0.217 e. The van der Waals surface area contributed by atoms with Gasteiger partial charge in [-0.3, -0.25) is 9.59 Å². The molecule has 3 aromatic rings. The highest BCUT2D eigenvalue weighted by molar-refractivity contribution is 5.83. The third-order valence-corrected chi connectivity index (χ3v) is 7.03. The Bertz CT molecular complexity index is 1360. The van der Waals surface area contributed by atoms with Gasteiger partial charge in [-0.15, -0.1) is 0 Å². The Labute approximate surface area is 224 Å². The molecule has 0 heterocycles. The van der Waals surface area contributed by atoms with Crippen molar-refractivity contribution in [2.75, 3.05) is 26.6 Å². The normalized spacial score (nSPS) is 14.8. The topological polar surface area (TPSA) is 85.9 Å². The Morgan fingerprint density at radius 3 is 2.39 bits per heavy atom. The number of amides is 1. The monoisotopic (exact) mass is 516 g/mol. The van der Waals surface area contributed by atoms with Crippen LogP contribution in [0.25, 0.3) is 11.1 Å². The molecule has 1 amide bonds. The Morgan fingerprint density at radius 2 is 1.74 bits per heavy atom. The zero-order valence-electron chi connectivity index (χ0n) is 22.7. The van der Waals surface area contributed by atoms with Gasteiger partial charge < -0.3 is 24.8 Å². The predicted octanol–water partition coefficient (Wildman–Crippen LogP) is 5.30. The lowest BCUT2D eigenvalue weighted by molar-refractivity contribution is -0.119. The molecule has 0 unspecified atom stereocenters. The minimum atomic E-state index is -0.333. The van der Waals surface area contributed by atoms with Gasteiger partial charge in [-0.1, -0.05) is 36.4 Å². The molecule has 0 saturated heterocycles. The van der Waals surface area contributed by atoms with E-state index in [-0.39, 0.29) is 23.4 Å². The van der Waals surface area contributed by atoms with E-state index in [4.69, 9.17) is 14.2 Å². The third kappa shape index (κ3) is 5.77. The van der Waals surface area contributed by atoms with Crippen LogP contribution >= 0.6 is 0 Å². The van der Waals surface area contributed by atoms with Gasteiger partial charge >= 0.3 is 0 Å². The van der Waals surface area contributed by atoms with Crippen molar-refractivity contribution >= 4 is 11.6 Å². The number of ether oxygens (including phenoxy) is 3. The second-order valence-electron chi connectivity index (χ2n) is 9.67. The summed E-state index contributed by atoms with van der Waals surface area (Å²) in [5, 5.41) is 6.46. The highest BCUT2D eigenvalue weighted by Gasteiger charge is 2.29. The van der Waals surface area contributed by atoms with E-state index in [0.717, 1.165) is 35.1 Å². The molecule has 0 fully saturated rings. The number of carbonyl (C=O) groups is 1. The van der Waals surface area contributed by atoms with Gasteiger partial charge in [0.2, 0.25) is 17.1 Å². The van der Waals surface area contributed by atoms with E-state index in [0.29, 0.717) is 35.8 Å². The maximum atomic E-state index is 13.5. The van der Waals surface area contributed by atoms with Crippen molar-refractivity contribution in [3.8, 4) is 28.4 Å². The van der Waals surface area contributed by atoms with Gasteiger partial charge in [-0.05, 0) is 73.1 Å². The van der Waals surface area contributed by atoms with Crippen LogP contribution in [0.5, 0.6) is 17.2 Å². The highest BCUT2D eigenvalue weighted by atomic mass is 16.5. The number of anilines is 1. The number of hydrogen-bond donors (Lipinski definition) is 2. The molecule has 1 aliphatic rings. The number of carbonyl (C=O) groups excluding carboxylic acids is 1. The van der Waals surface area contributed by atoms with Gasteiger partial charge in [-0.25, -0.2) is 0 Å². The predicted molar refractivity (Wildman–Crippen MR) is 151 cm³/mol. The molecule has 0 aromatic heterocycles. The van der Waals surface area contributed by atoms with Crippen LogP contribution in [-0.2, 0) is 17.6 Å². The van der Waals surface area contributed by atoms with E-state index in [1.54, 1.807) is 27.4 Å². The summed E-state index contributed by atoms with van der Waals surface area (Å²) >= 11 is 0. The number of benzene rings is 2. The summed E-state index contributed by atoms with van der Waals surface area (Å²) in [7, 11) is 4.76. The van der Waals surface area contributed by atoms with Crippen molar-refractivity contribution in [1.82, 2.24) is 5.32 Å². The maximum absolute atomic E-state index is 13.5. The van der Waals surface area contributed by atoms with Gasteiger partial charge in [0.15, 0.2) is 11.5 Å². The first-order chi connectivity index (χ1) is 18.4. The average Bonchev–Trinajstić information content (AvgIpc) is 3.15. The molecule has 0 spiro atoms. The lowest BCUT2D eigenvalue weighted by Crippen LogP contribution is -2.26. The standard InChI is InChI=1S/C31H36N2O5/c1-19(11-12-21-9-7-6-8-10-21)32-26-16-14-23-24(18-27(26)35)25(33-20(2)34)15-13-22-17-28(36-3)30(37-4)31(38-5)29(22)23/h6-10,14,16-19,25H,11-13,15H2,1-5H3,(H,32,35)(H,33,34)/t19-,25-/m0/s1. The molecule has 0 radical (unpaired) electrons. The molecule has 1 aliphatic carbocycles. The van der Waals surface area contributed by atoms with Crippen LogP contribution in [0.2, 0.25) is 0 Å². The molecule has 7 nitrogen and oxygen atoms in total. The molecule has 0 saturated carbocycles. The van der Waals surface area contributed by atoms with Crippen molar-refractivity contribution in [1.29, 1.82) is 0 Å². The minimum absolute atomic E-state index is 0.0856. The van der Waals surface area contributed by atoms with Crippen molar-refractivity contribution in [2.45, 2.75) is 51.6 Å². The Morgan fingerprint density at radius 1 is 1.00 bits per heavy atom. The summed E-state index contributed by atoms with van der Waals surface area (Å²) in [6.07, 6.45) is 3.07. The first-order valence-electron chi connectivity index (χ1n) is 12.9. The summed E-state index contributed by atoms with van der Waals surface area (Å²) in [6.45, 7) is 3.57. The van der Waals surface area contributed by atoms with Gasteiger partial charge in [0, 0.05) is 18.5 Å². The second-order valence-corrected chi connectivity index (χ2v) is 9.67. The summed E-state index contributed by atoms with van der Waals surface area (Å²) in [5.41, 5.74) is 5.05. The summed E-state index contributed by atoms with van der Waals surface area (Å²) in [5.74, 6) is 1.44. The first kappa shape index (κ1) is 27.0. The van der Waals surface area contributed by atoms with E-state index in [9.17, 15) is 9.59 Å². The van der Waals surface area contributed by atoms with Gasteiger partial charge in [-0.2, -0.15) is 0 Å². The molecule has 4 rings (SSSR count). The number of fused-ring (bicyclic) bond motifs is 3. The van der Waals surface area contributed by atoms with Crippen LogP contribution < -0.4 is 30.3 Å². The fourth-order valence-electron chi connectivity index (χ4n) is 5.19. The van der Waals surface area contributed by atoms with Crippen LogP contribution in [0.15, 0.2) is 59.4 Å². The maximum Gasteiger partial charge on any atom is 0.217 e. The lowest BCUT2D eigenvalue weighted by Gasteiger charge is -2.19. The van der Waals surface area contributed by atoms with Crippen LogP contribution in [0, 0.1) is 0 Å². The molecule has 7 heteroatoms. The summed E-state index contributed by atoms with van der Waals surface area (Å²) in [6, 6.07) is 17.4. The van der Waals surface area contributed by atoms with E-state index in [2.05, 4.69) is 29.7 Å². The van der Waals surface area contributed by atoms with Crippen LogP contribution in [0.3, 0.4) is 0 Å². The molecular formula is C31H36N2O5. The minimum Gasteiger partial charge on any atom is -0.493 e. The summed E-state index contributed by atoms with van der Waals surface area (Å²) in [4.78, 5) is 25.6. The number of rotatable bonds is 9. The average molecular weight is 517 g/mol. The van der Waals surface area contributed by atoms with Crippen molar-refractivity contribution < 1.29 is 19.0 Å². The Hall–Kier alpha value is -4.00. The Kier molecular flexibility index (Phi) is 8.56. The van der Waals surface area contributed by atoms with Crippen molar-refractivity contribution in [2.24, 2.45) is 0 Å². The van der Waals surface area contributed by atoms with E-state index in [1.165, 1.54) is 12.5 Å². The summed E-state index contributed by atoms with van der Waals surface area (Å²) < 4.78 is 17.1. The van der Waals surface area contributed by atoms with Crippen molar-refractivity contribution in [3.63, 3.8) is 0 Å². The molecule has 38 heavy (non-hydrogen) atoms. The first-order valence-corrected chi connectivity index (χ1v) is 12.9. The third-order valence-electron chi connectivity index (χ3n) is 7.03. The van der Waals surface area contributed by atoms with Gasteiger partial charge in [0.1, 0.15) is 0 Å². The molecule has 3 aromatic carbocycles. The van der Waals surface area contributed by atoms with E-state index >= 15 is 0 Å². The fourth-order valence-corrected chi connectivity index (χ4v) is 5.19. The lowest BCUT2D eigenvalue weighted by atomic mass is 9.95. The van der Waals surface area contributed by atoms with Gasteiger partial charge in [0.25, 0.3) is 0 Å². The van der Waals surface area contributed by atoms with Crippen LogP contribution in [0.4, 0.5) is 5.69 Å². The number of aryl methyl sites for hydroxylation is 2. The number of nitrogens with one attached hydrogen (secondary N) is 2. The SMILES string of the molecule is COc1cc2c(c(OC)c1OC)-c1ccc(N[C@@H](C)CCc3ccccc3)c(=O)cc1[C@@H](NC(C)=O)CC2. The zero-order valence-corrected chi connectivity index (χ0v) is 22.7. The van der Waals surface area contributed by atoms with Crippen molar-refractivity contribution in [3.05, 3.63) is 81.5 Å². The second kappa shape index (κ2) is 12.0. The Balaban J connectivity index is 1.80. The molecule has 0 bridgehead atoms. The number of hydrogen-bond acceptors (Lipinski definition) is 6. The number of methoxy groups -OCH3 is 3. The molecule has 2 atom stereocenters. The zero-order chi connectivity index (χ0) is 27.2. The molecule has 200 valence electrons. The van der Waals surface area contributed by atoms with E-state index in [1.807, 2.05) is 36.4 Å². The molecule has 2 N–H and O–H groups in total. The molecule has 0 aliphatic heterocycles. The largest absolute Gasteiger partial charge is 0.493 e. The van der Waals surface area contributed by atoms with Crippen LogP contribution in [-0.4, -0.2) is 33.3 Å². The fraction of sp³-hybridized carbons (Fsp3) is 0.355. The highest BCUT2D eigenvalue weighted by Crippen LogP contribution is 2.50. The molecular weight excluding hydrogens is 480 g/mol. The van der Waals surface area contributed by atoms with Crippen LogP contribution in [0.1, 0.15) is 49.4 Å². The van der Waals surface area contributed by atoms with Gasteiger partial charge in [0.05, 0.1) is 33.1 Å². The van der Waals surface area contributed by atoms with E-state index < -0.39 is 0 Å².